The summed E-state index contributed by atoms with van der Waals surface area (Å²) in [5.41, 5.74) is 4.86. The van der Waals surface area contributed by atoms with E-state index >= 15 is 0 Å². The van der Waals surface area contributed by atoms with Crippen molar-refractivity contribution in [3.63, 3.8) is 0 Å². The molecule has 0 aliphatic carbocycles. The van der Waals surface area contributed by atoms with Crippen molar-refractivity contribution < 1.29 is 4.79 Å². The molecule has 0 spiro atoms. The summed E-state index contributed by atoms with van der Waals surface area (Å²) in [6.45, 7) is 5.99. The quantitative estimate of drug-likeness (QED) is 0.847. The van der Waals surface area contributed by atoms with E-state index in [0.29, 0.717) is 0 Å². The van der Waals surface area contributed by atoms with Crippen LogP contribution in [0.1, 0.15) is 27.0 Å². The number of anilines is 1. The van der Waals surface area contributed by atoms with E-state index in [1.807, 2.05) is 63.2 Å². The van der Waals surface area contributed by atoms with Gasteiger partial charge in [-0.25, -0.2) is 0 Å². The lowest BCUT2D eigenvalue weighted by atomic mass is 10.1. The molecule has 0 aliphatic rings. The van der Waals surface area contributed by atoms with Crippen LogP contribution in [0.2, 0.25) is 0 Å². The van der Waals surface area contributed by atoms with E-state index in [9.17, 15) is 4.79 Å². The Bertz CT molecular complexity index is 587. The van der Waals surface area contributed by atoms with Crippen molar-refractivity contribution in [2.45, 2.75) is 20.8 Å². The summed E-state index contributed by atoms with van der Waals surface area (Å²) < 4.78 is 0. The van der Waals surface area contributed by atoms with Crippen molar-refractivity contribution >= 4 is 11.6 Å². The number of aryl methyl sites for hydroxylation is 3. The topological polar surface area (TPSA) is 29.1 Å². The Hall–Kier alpha value is -2.09. The summed E-state index contributed by atoms with van der Waals surface area (Å²) in [5.74, 6) is -0.0573. The molecule has 2 aromatic rings. The van der Waals surface area contributed by atoms with Crippen LogP contribution in [0.5, 0.6) is 0 Å². The molecular formula is C16H17NO. The molecule has 0 bridgehead atoms. The molecule has 2 heteroatoms. The Morgan fingerprint density at radius 3 is 2.33 bits per heavy atom. The minimum Gasteiger partial charge on any atom is -0.322 e. The maximum Gasteiger partial charge on any atom is 0.255 e. The molecule has 0 aromatic heterocycles. The number of rotatable bonds is 2. The second-order valence-corrected chi connectivity index (χ2v) is 4.64. The number of benzene rings is 2. The fourth-order valence-corrected chi connectivity index (χ4v) is 1.99. The van der Waals surface area contributed by atoms with Gasteiger partial charge in [-0.15, -0.1) is 0 Å². The average Bonchev–Trinajstić information content (AvgIpc) is 2.28. The Kier molecular flexibility index (Phi) is 3.47. The lowest BCUT2D eigenvalue weighted by Gasteiger charge is -2.08. The number of carbonyl (C=O) groups is 1. The smallest absolute Gasteiger partial charge is 0.255 e. The fourth-order valence-electron chi connectivity index (χ4n) is 1.99. The molecule has 0 saturated heterocycles. The van der Waals surface area contributed by atoms with Gasteiger partial charge >= 0.3 is 0 Å². The molecule has 1 amide bonds. The third-order valence-corrected chi connectivity index (χ3v) is 2.90. The lowest BCUT2D eigenvalue weighted by molar-refractivity contribution is 0.102. The Morgan fingerprint density at radius 1 is 0.944 bits per heavy atom. The van der Waals surface area contributed by atoms with Gasteiger partial charge in [-0.1, -0.05) is 29.8 Å². The number of hydrogen-bond acceptors (Lipinski definition) is 1. The summed E-state index contributed by atoms with van der Waals surface area (Å²) in [6.07, 6.45) is 0. The van der Waals surface area contributed by atoms with E-state index in [1.54, 1.807) is 0 Å². The van der Waals surface area contributed by atoms with Crippen LogP contribution in [0.15, 0.2) is 42.5 Å². The molecule has 2 rings (SSSR count). The molecule has 2 nitrogen and oxygen atoms in total. The number of nitrogens with one attached hydrogen (secondary N) is 1. The highest BCUT2D eigenvalue weighted by Gasteiger charge is 2.08. The van der Waals surface area contributed by atoms with Crippen LogP contribution in [0.4, 0.5) is 5.69 Å². The first-order chi connectivity index (χ1) is 8.56. The molecule has 2 aromatic carbocycles. The fraction of sp³-hybridized carbons (Fsp3) is 0.188. The molecule has 0 unspecified atom stereocenters. The van der Waals surface area contributed by atoms with E-state index in [0.717, 1.165) is 22.4 Å². The van der Waals surface area contributed by atoms with Crippen LogP contribution in [0.3, 0.4) is 0 Å². The first-order valence-electron chi connectivity index (χ1n) is 6.01. The molecule has 1 N–H and O–H groups in total. The standard InChI is InChI=1S/C16H17NO/c1-11-5-4-6-14(10-11)17-16(18)15-8-7-12(2)9-13(15)3/h4-10H,1-3H3,(H,17,18). The van der Waals surface area contributed by atoms with Gasteiger partial charge < -0.3 is 5.32 Å². The van der Waals surface area contributed by atoms with E-state index in [4.69, 9.17) is 0 Å². The monoisotopic (exact) mass is 239 g/mol. The third kappa shape index (κ3) is 2.77. The summed E-state index contributed by atoms with van der Waals surface area (Å²) >= 11 is 0. The molecule has 0 heterocycles. The van der Waals surface area contributed by atoms with Gasteiger partial charge in [-0.3, -0.25) is 4.79 Å². The van der Waals surface area contributed by atoms with Crippen molar-refractivity contribution in [2.24, 2.45) is 0 Å². The van der Waals surface area contributed by atoms with Crippen LogP contribution in [0, 0.1) is 20.8 Å². The number of amides is 1. The van der Waals surface area contributed by atoms with E-state index in [-0.39, 0.29) is 5.91 Å². The number of carbonyl (C=O) groups excluding carboxylic acids is 1. The molecule has 0 aliphatic heterocycles. The van der Waals surface area contributed by atoms with E-state index < -0.39 is 0 Å². The molecule has 0 radical (unpaired) electrons. The first-order valence-corrected chi connectivity index (χ1v) is 6.01. The highest BCUT2D eigenvalue weighted by molar-refractivity contribution is 6.05. The van der Waals surface area contributed by atoms with Crippen molar-refractivity contribution in [2.75, 3.05) is 5.32 Å². The SMILES string of the molecule is Cc1cccc(NC(=O)c2ccc(C)cc2C)c1. The highest BCUT2D eigenvalue weighted by Crippen LogP contribution is 2.15. The highest BCUT2D eigenvalue weighted by atomic mass is 16.1. The zero-order valence-electron chi connectivity index (χ0n) is 10.9. The second-order valence-electron chi connectivity index (χ2n) is 4.64. The summed E-state index contributed by atoms with van der Waals surface area (Å²) in [7, 11) is 0. The van der Waals surface area contributed by atoms with Crippen LogP contribution < -0.4 is 5.32 Å². The lowest BCUT2D eigenvalue weighted by Crippen LogP contribution is -2.13. The van der Waals surface area contributed by atoms with E-state index in [2.05, 4.69) is 5.32 Å². The minimum atomic E-state index is -0.0573. The minimum absolute atomic E-state index is 0.0573. The molecule has 0 fully saturated rings. The van der Waals surface area contributed by atoms with Gasteiger partial charge in [0.25, 0.3) is 5.91 Å². The van der Waals surface area contributed by atoms with Gasteiger partial charge in [0, 0.05) is 11.3 Å². The van der Waals surface area contributed by atoms with Crippen LogP contribution >= 0.6 is 0 Å². The van der Waals surface area contributed by atoms with Crippen molar-refractivity contribution in [1.29, 1.82) is 0 Å². The third-order valence-electron chi connectivity index (χ3n) is 2.90. The predicted molar refractivity (Wildman–Crippen MR) is 75.0 cm³/mol. The number of hydrogen-bond donors (Lipinski definition) is 1. The van der Waals surface area contributed by atoms with Crippen LogP contribution in [-0.2, 0) is 0 Å². The predicted octanol–water partition coefficient (Wildman–Crippen LogP) is 3.86. The van der Waals surface area contributed by atoms with Gasteiger partial charge in [-0.2, -0.15) is 0 Å². The zero-order valence-corrected chi connectivity index (χ0v) is 10.9. The van der Waals surface area contributed by atoms with Crippen molar-refractivity contribution in [3.8, 4) is 0 Å². The van der Waals surface area contributed by atoms with Crippen LogP contribution in [-0.4, -0.2) is 5.91 Å². The summed E-state index contributed by atoms with van der Waals surface area (Å²) in [4.78, 5) is 12.1. The first kappa shape index (κ1) is 12.4. The van der Waals surface area contributed by atoms with Gasteiger partial charge in [0.2, 0.25) is 0 Å². The van der Waals surface area contributed by atoms with Crippen molar-refractivity contribution in [1.82, 2.24) is 0 Å². The Balaban J connectivity index is 2.22. The van der Waals surface area contributed by atoms with Crippen LogP contribution in [0.25, 0.3) is 0 Å². The largest absolute Gasteiger partial charge is 0.322 e. The molecule has 0 atom stereocenters. The van der Waals surface area contributed by atoms with E-state index in [1.165, 1.54) is 5.56 Å². The average molecular weight is 239 g/mol. The second kappa shape index (κ2) is 5.05. The van der Waals surface area contributed by atoms with Gasteiger partial charge in [0.15, 0.2) is 0 Å². The zero-order chi connectivity index (χ0) is 13.1. The van der Waals surface area contributed by atoms with Gasteiger partial charge in [0.05, 0.1) is 0 Å². The molecule has 92 valence electrons. The normalized spacial score (nSPS) is 10.2. The van der Waals surface area contributed by atoms with Gasteiger partial charge in [-0.05, 0) is 50.1 Å². The Labute approximate surface area is 108 Å². The molecular weight excluding hydrogens is 222 g/mol. The maximum atomic E-state index is 12.1. The van der Waals surface area contributed by atoms with Crippen molar-refractivity contribution in [3.05, 3.63) is 64.7 Å². The maximum absolute atomic E-state index is 12.1. The molecule has 0 saturated carbocycles. The van der Waals surface area contributed by atoms with Gasteiger partial charge in [0.1, 0.15) is 0 Å². The summed E-state index contributed by atoms with van der Waals surface area (Å²) in [6, 6.07) is 13.6. The summed E-state index contributed by atoms with van der Waals surface area (Å²) in [5, 5.41) is 2.92. The molecule has 18 heavy (non-hydrogen) atoms. The Morgan fingerprint density at radius 2 is 1.67 bits per heavy atom.